The second-order valence-corrected chi connectivity index (χ2v) is 7.18. The molecule has 6 heteroatoms. The average Bonchev–Trinajstić information content (AvgIpc) is 3.28. The Kier molecular flexibility index (Phi) is 4.10. The lowest BCUT2D eigenvalue weighted by atomic mass is 9.89. The van der Waals surface area contributed by atoms with Crippen molar-refractivity contribution in [2.24, 2.45) is 0 Å². The molecule has 118 valence electrons. The summed E-state index contributed by atoms with van der Waals surface area (Å²) >= 11 is 1.57. The molecular weight excluding hydrogens is 294 g/mol. The molecule has 0 amide bonds. The van der Waals surface area contributed by atoms with Crippen molar-refractivity contribution in [1.82, 2.24) is 19.3 Å². The topological polar surface area (TPSA) is 57.7 Å². The van der Waals surface area contributed by atoms with E-state index in [2.05, 4.69) is 19.2 Å². The number of hydrogen-bond acceptors (Lipinski definition) is 5. The minimum Gasteiger partial charge on any atom is -0.347 e. The molecule has 1 unspecified atom stereocenters. The predicted octanol–water partition coefficient (Wildman–Crippen LogP) is 4.04. The summed E-state index contributed by atoms with van der Waals surface area (Å²) < 4.78 is 4.69. The van der Waals surface area contributed by atoms with Crippen molar-refractivity contribution in [2.45, 2.75) is 63.3 Å². The number of hydrogen-bond donors (Lipinski definition) is 1. The Morgan fingerprint density at radius 3 is 2.77 bits per heavy atom. The molecule has 0 spiro atoms. The Balaban J connectivity index is 1.55. The van der Waals surface area contributed by atoms with Gasteiger partial charge in [0.1, 0.15) is 11.6 Å². The second-order valence-electron chi connectivity index (χ2n) is 6.45. The van der Waals surface area contributed by atoms with Crippen LogP contribution < -0.4 is 4.90 Å². The first-order valence-corrected chi connectivity index (χ1v) is 9.28. The molecule has 1 saturated heterocycles. The van der Waals surface area contributed by atoms with Gasteiger partial charge < -0.3 is 9.88 Å². The summed E-state index contributed by atoms with van der Waals surface area (Å²) in [5.41, 5.74) is 0. The number of nitrogens with zero attached hydrogens (tertiary/aromatic N) is 4. The van der Waals surface area contributed by atoms with Crippen molar-refractivity contribution in [3.8, 4) is 0 Å². The first-order chi connectivity index (χ1) is 10.9. The molecule has 2 aromatic rings. The third-order valence-corrected chi connectivity index (χ3v) is 5.75. The summed E-state index contributed by atoms with van der Waals surface area (Å²) in [6, 6.07) is 0.330. The van der Waals surface area contributed by atoms with E-state index in [4.69, 9.17) is 4.98 Å². The van der Waals surface area contributed by atoms with Crippen LogP contribution in [0.3, 0.4) is 0 Å². The van der Waals surface area contributed by atoms with Gasteiger partial charge in [-0.1, -0.05) is 19.3 Å². The van der Waals surface area contributed by atoms with Crippen molar-refractivity contribution < 1.29 is 0 Å². The number of imidazole rings is 1. The zero-order valence-electron chi connectivity index (χ0n) is 12.9. The zero-order chi connectivity index (χ0) is 14.8. The number of piperidine rings is 1. The van der Waals surface area contributed by atoms with Gasteiger partial charge in [0.2, 0.25) is 5.13 Å². The van der Waals surface area contributed by atoms with E-state index in [1.165, 1.54) is 44.9 Å². The largest absolute Gasteiger partial charge is 0.347 e. The number of aromatic nitrogens is 4. The summed E-state index contributed by atoms with van der Waals surface area (Å²) in [6.45, 7) is 1.06. The SMILES string of the molecule is c1c[nH]c(C2CCCCN2c2nc(C3CCCCC3)ns2)n1. The molecule has 1 atom stereocenters. The minimum absolute atomic E-state index is 0.330. The van der Waals surface area contributed by atoms with Crippen LogP contribution in [0.25, 0.3) is 0 Å². The molecule has 1 aliphatic heterocycles. The van der Waals surface area contributed by atoms with E-state index in [0.717, 1.165) is 29.7 Å². The molecule has 0 aromatic carbocycles. The molecular formula is C16H23N5S. The fourth-order valence-electron chi connectivity index (χ4n) is 3.77. The first-order valence-electron chi connectivity index (χ1n) is 8.51. The van der Waals surface area contributed by atoms with Crippen LogP contribution in [-0.2, 0) is 0 Å². The number of aromatic amines is 1. The van der Waals surface area contributed by atoms with E-state index in [-0.39, 0.29) is 0 Å². The number of anilines is 1. The molecule has 4 rings (SSSR count). The van der Waals surface area contributed by atoms with Crippen LogP contribution in [0.15, 0.2) is 12.4 Å². The predicted molar refractivity (Wildman–Crippen MR) is 88.3 cm³/mol. The summed E-state index contributed by atoms with van der Waals surface area (Å²) in [7, 11) is 0. The van der Waals surface area contributed by atoms with E-state index in [0.29, 0.717) is 12.0 Å². The highest BCUT2D eigenvalue weighted by molar-refractivity contribution is 7.09. The minimum atomic E-state index is 0.330. The normalized spacial score (nSPS) is 23.8. The molecule has 1 saturated carbocycles. The highest BCUT2D eigenvalue weighted by atomic mass is 32.1. The maximum Gasteiger partial charge on any atom is 0.205 e. The van der Waals surface area contributed by atoms with Crippen molar-refractivity contribution in [3.63, 3.8) is 0 Å². The number of H-pyrrole nitrogens is 1. The highest BCUT2D eigenvalue weighted by Crippen LogP contribution is 2.37. The van der Waals surface area contributed by atoms with E-state index in [1.807, 2.05) is 12.4 Å². The monoisotopic (exact) mass is 317 g/mol. The van der Waals surface area contributed by atoms with Crippen LogP contribution >= 0.6 is 11.5 Å². The average molecular weight is 317 g/mol. The highest BCUT2D eigenvalue weighted by Gasteiger charge is 2.29. The van der Waals surface area contributed by atoms with E-state index in [9.17, 15) is 0 Å². The molecule has 2 aromatic heterocycles. The van der Waals surface area contributed by atoms with Gasteiger partial charge in [-0.25, -0.2) is 9.97 Å². The van der Waals surface area contributed by atoms with Gasteiger partial charge in [-0.2, -0.15) is 4.37 Å². The molecule has 3 heterocycles. The molecule has 2 fully saturated rings. The fraction of sp³-hybridized carbons (Fsp3) is 0.688. The quantitative estimate of drug-likeness (QED) is 0.928. The molecule has 1 aliphatic carbocycles. The van der Waals surface area contributed by atoms with Crippen molar-refractivity contribution >= 4 is 16.7 Å². The Labute approximate surface area is 135 Å². The lowest BCUT2D eigenvalue weighted by Gasteiger charge is -2.34. The molecule has 0 bridgehead atoms. The van der Waals surface area contributed by atoms with E-state index < -0.39 is 0 Å². The van der Waals surface area contributed by atoms with Crippen LogP contribution in [0.1, 0.15) is 75.0 Å². The Morgan fingerprint density at radius 1 is 1.09 bits per heavy atom. The number of nitrogens with one attached hydrogen (secondary N) is 1. The standard InChI is InChI=1S/C16H23N5S/c1-2-6-12(7-3-1)14-19-16(22-20-14)21-11-5-4-8-13(21)15-17-9-10-18-15/h9-10,12-13H,1-8,11H2,(H,17,18). The van der Waals surface area contributed by atoms with Gasteiger partial charge in [0.25, 0.3) is 0 Å². The molecule has 1 N–H and O–H groups in total. The molecule has 5 nitrogen and oxygen atoms in total. The van der Waals surface area contributed by atoms with Gasteiger partial charge in [-0.15, -0.1) is 0 Å². The maximum atomic E-state index is 4.91. The second kappa shape index (κ2) is 6.36. The fourth-order valence-corrected chi connectivity index (χ4v) is 4.60. The summed E-state index contributed by atoms with van der Waals surface area (Å²) in [5.74, 6) is 2.74. The Bertz CT molecular complexity index is 587. The van der Waals surface area contributed by atoms with Crippen molar-refractivity contribution in [2.75, 3.05) is 11.4 Å². The number of rotatable bonds is 3. The van der Waals surface area contributed by atoms with E-state index >= 15 is 0 Å². The van der Waals surface area contributed by atoms with Gasteiger partial charge >= 0.3 is 0 Å². The third-order valence-electron chi connectivity index (χ3n) is 4.98. The third kappa shape index (κ3) is 2.76. The van der Waals surface area contributed by atoms with Gasteiger partial charge in [0.15, 0.2) is 0 Å². The van der Waals surface area contributed by atoms with Crippen molar-refractivity contribution in [3.05, 3.63) is 24.0 Å². The molecule has 0 radical (unpaired) electrons. The Hall–Kier alpha value is -1.43. The maximum absolute atomic E-state index is 4.91. The Morgan fingerprint density at radius 2 is 1.95 bits per heavy atom. The van der Waals surface area contributed by atoms with Gasteiger partial charge in [-0.05, 0) is 32.1 Å². The van der Waals surface area contributed by atoms with Crippen LogP contribution in [0, 0.1) is 0 Å². The molecule has 22 heavy (non-hydrogen) atoms. The van der Waals surface area contributed by atoms with Crippen LogP contribution in [0.2, 0.25) is 0 Å². The van der Waals surface area contributed by atoms with Crippen LogP contribution in [0.4, 0.5) is 5.13 Å². The summed E-state index contributed by atoms with van der Waals surface area (Å²) in [4.78, 5) is 15.1. The van der Waals surface area contributed by atoms with Gasteiger partial charge in [-0.3, -0.25) is 0 Å². The zero-order valence-corrected chi connectivity index (χ0v) is 13.7. The summed E-state index contributed by atoms with van der Waals surface area (Å²) in [6.07, 6.45) is 14.0. The first kappa shape index (κ1) is 14.2. The lowest BCUT2D eigenvalue weighted by Crippen LogP contribution is -2.34. The molecule has 2 aliphatic rings. The van der Waals surface area contributed by atoms with E-state index in [1.54, 1.807) is 11.5 Å². The van der Waals surface area contributed by atoms with Crippen molar-refractivity contribution in [1.29, 1.82) is 0 Å². The summed E-state index contributed by atoms with van der Waals surface area (Å²) in [5, 5.41) is 1.08. The van der Waals surface area contributed by atoms with Gasteiger partial charge in [0, 0.05) is 36.4 Å². The van der Waals surface area contributed by atoms with Crippen LogP contribution in [0.5, 0.6) is 0 Å². The van der Waals surface area contributed by atoms with Gasteiger partial charge in [0.05, 0.1) is 6.04 Å². The lowest BCUT2D eigenvalue weighted by molar-refractivity contribution is 0.429. The smallest absolute Gasteiger partial charge is 0.205 e. The van der Waals surface area contributed by atoms with Crippen LogP contribution in [-0.4, -0.2) is 25.9 Å².